The first-order chi connectivity index (χ1) is 12.5. The summed E-state index contributed by atoms with van der Waals surface area (Å²) in [7, 11) is 1.95. The summed E-state index contributed by atoms with van der Waals surface area (Å²) in [5.74, 6) is -0.764. The van der Waals surface area contributed by atoms with Crippen LogP contribution >= 0.6 is 0 Å². The quantitative estimate of drug-likeness (QED) is 0.489. The summed E-state index contributed by atoms with van der Waals surface area (Å²) in [6, 6.07) is 5.81. The number of fused-ring (bicyclic) bond motifs is 1. The lowest BCUT2D eigenvalue weighted by molar-refractivity contribution is -0.136. The topological polar surface area (TPSA) is 90.5 Å². The van der Waals surface area contributed by atoms with Crippen LogP contribution in [0.3, 0.4) is 0 Å². The van der Waals surface area contributed by atoms with Crippen LogP contribution in [-0.4, -0.2) is 48.3 Å². The van der Waals surface area contributed by atoms with Crippen molar-refractivity contribution in [1.29, 1.82) is 0 Å². The van der Waals surface area contributed by atoms with Crippen molar-refractivity contribution in [2.45, 2.75) is 51.4 Å². The minimum atomic E-state index is -0.558. The van der Waals surface area contributed by atoms with Crippen molar-refractivity contribution in [3.63, 3.8) is 0 Å². The molecule has 3 amide bonds. The molecule has 2 heterocycles. The van der Waals surface area contributed by atoms with Gasteiger partial charge in [0.15, 0.2) is 0 Å². The number of carbonyl (C=O) groups is 3. The molecular formula is C19H26N4O3. The first kappa shape index (κ1) is 18.5. The predicted molar refractivity (Wildman–Crippen MR) is 97.3 cm³/mol. The number of hydrogen-bond donors (Lipinski definition) is 3. The molecule has 0 bridgehead atoms. The normalized spacial score (nSPS) is 20.9. The number of amides is 3. The van der Waals surface area contributed by atoms with Gasteiger partial charge >= 0.3 is 0 Å². The number of carbonyl (C=O) groups excluding carboxylic acids is 3. The smallest absolute Gasteiger partial charge is 0.255 e. The SMILES string of the molecule is CNC(C)CCNCc1ccc2c(c1)C(=O)N(C1CCC(=O)NC1=O)C2. The van der Waals surface area contributed by atoms with Gasteiger partial charge < -0.3 is 15.5 Å². The summed E-state index contributed by atoms with van der Waals surface area (Å²) in [5.41, 5.74) is 2.66. The van der Waals surface area contributed by atoms with Crippen LogP contribution in [0.5, 0.6) is 0 Å². The summed E-state index contributed by atoms with van der Waals surface area (Å²) in [6.07, 6.45) is 1.70. The first-order valence-corrected chi connectivity index (χ1v) is 9.14. The van der Waals surface area contributed by atoms with Gasteiger partial charge in [0, 0.05) is 31.1 Å². The van der Waals surface area contributed by atoms with Crippen LogP contribution in [0.25, 0.3) is 0 Å². The molecule has 1 saturated heterocycles. The summed E-state index contributed by atoms with van der Waals surface area (Å²) in [4.78, 5) is 37.7. The third-order valence-corrected chi connectivity index (χ3v) is 5.17. The Kier molecular flexibility index (Phi) is 5.68. The van der Waals surface area contributed by atoms with E-state index in [1.165, 1.54) is 0 Å². The van der Waals surface area contributed by atoms with Crippen molar-refractivity contribution < 1.29 is 14.4 Å². The highest BCUT2D eigenvalue weighted by molar-refractivity contribution is 6.05. The second-order valence-corrected chi connectivity index (χ2v) is 7.05. The molecule has 3 rings (SSSR count). The second-order valence-electron chi connectivity index (χ2n) is 7.05. The zero-order valence-corrected chi connectivity index (χ0v) is 15.3. The second kappa shape index (κ2) is 7.97. The molecule has 2 atom stereocenters. The van der Waals surface area contributed by atoms with E-state index in [-0.39, 0.29) is 24.1 Å². The Morgan fingerprint density at radius 3 is 2.85 bits per heavy atom. The van der Waals surface area contributed by atoms with Gasteiger partial charge in [0.2, 0.25) is 11.8 Å². The Hall–Kier alpha value is -2.25. The number of rotatable bonds is 7. The summed E-state index contributed by atoms with van der Waals surface area (Å²) >= 11 is 0. The van der Waals surface area contributed by atoms with Gasteiger partial charge in [0.05, 0.1) is 0 Å². The fourth-order valence-corrected chi connectivity index (χ4v) is 3.41. The standard InChI is InChI=1S/C19H26N4O3/c1-12(20-2)7-8-21-10-13-3-4-14-11-23(19(26)15(14)9-13)16-5-6-17(24)22-18(16)25/h3-4,9,12,16,20-21H,5-8,10-11H2,1-2H3,(H,22,24,25). The van der Waals surface area contributed by atoms with Crippen molar-refractivity contribution in [3.05, 3.63) is 34.9 Å². The molecule has 2 aliphatic rings. The Labute approximate surface area is 153 Å². The molecule has 1 fully saturated rings. The van der Waals surface area contributed by atoms with E-state index in [1.807, 2.05) is 25.2 Å². The highest BCUT2D eigenvalue weighted by Gasteiger charge is 2.38. The Balaban J connectivity index is 1.62. The third kappa shape index (κ3) is 3.94. The van der Waals surface area contributed by atoms with E-state index in [4.69, 9.17) is 0 Å². The minimum absolute atomic E-state index is 0.125. The van der Waals surface area contributed by atoms with Gasteiger partial charge in [-0.1, -0.05) is 12.1 Å². The molecule has 0 radical (unpaired) electrons. The molecule has 0 aromatic heterocycles. The zero-order chi connectivity index (χ0) is 18.7. The molecule has 1 aromatic carbocycles. The monoisotopic (exact) mass is 358 g/mol. The van der Waals surface area contributed by atoms with Gasteiger partial charge in [-0.25, -0.2) is 0 Å². The van der Waals surface area contributed by atoms with Gasteiger partial charge in [-0.15, -0.1) is 0 Å². The molecule has 26 heavy (non-hydrogen) atoms. The molecule has 7 nitrogen and oxygen atoms in total. The number of nitrogens with one attached hydrogen (secondary N) is 3. The van der Waals surface area contributed by atoms with Crippen molar-refractivity contribution in [1.82, 2.24) is 20.9 Å². The van der Waals surface area contributed by atoms with E-state index < -0.39 is 6.04 Å². The first-order valence-electron chi connectivity index (χ1n) is 9.14. The van der Waals surface area contributed by atoms with Crippen molar-refractivity contribution in [2.24, 2.45) is 0 Å². The van der Waals surface area contributed by atoms with Gasteiger partial charge in [0.25, 0.3) is 5.91 Å². The van der Waals surface area contributed by atoms with Gasteiger partial charge in [-0.05, 0) is 50.6 Å². The van der Waals surface area contributed by atoms with Crippen LogP contribution in [-0.2, 0) is 22.7 Å². The number of piperidine rings is 1. The maximum atomic E-state index is 12.8. The molecular weight excluding hydrogens is 332 g/mol. The van der Waals surface area contributed by atoms with Gasteiger partial charge in [0.1, 0.15) is 6.04 Å². The minimum Gasteiger partial charge on any atom is -0.322 e. The predicted octanol–water partition coefficient (Wildman–Crippen LogP) is 0.535. The highest BCUT2D eigenvalue weighted by Crippen LogP contribution is 2.28. The fraction of sp³-hybridized carbons (Fsp3) is 0.526. The molecule has 3 N–H and O–H groups in total. The van der Waals surface area contributed by atoms with E-state index in [9.17, 15) is 14.4 Å². The van der Waals surface area contributed by atoms with E-state index in [1.54, 1.807) is 4.90 Å². The van der Waals surface area contributed by atoms with Crippen molar-refractivity contribution >= 4 is 17.7 Å². The fourth-order valence-electron chi connectivity index (χ4n) is 3.41. The van der Waals surface area contributed by atoms with Gasteiger partial charge in [-0.3, -0.25) is 19.7 Å². The number of imide groups is 1. The Morgan fingerprint density at radius 1 is 1.31 bits per heavy atom. The zero-order valence-electron chi connectivity index (χ0n) is 15.3. The maximum absolute atomic E-state index is 12.8. The Morgan fingerprint density at radius 2 is 2.12 bits per heavy atom. The molecule has 140 valence electrons. The molecule has 2 unspecified atom stereocenters. The average Bonchev–Trinajstić information content (AvgIpc) is 2.95. The van der Waals surface area contributed by atoms with Crippen molar-refractivity contribution in [2.75, 3.05) is 13.6 Å². The number of benzene rings is 1. The largest absolute Gasteiger partial charge is 0.322 e. The molecule has 7 heteroatoms. The molecule has 2 aliphatic heterocycles. The lowest BCUT2D eigenvalue weighted by Gasteiger charge is -2.29. The lowest BCUT2D eigenvalue weighted by atomic mass is 10.0. The molecule has 1 aromatic rings. The van der Waals surface area contributed by atoms with Crippen LogP contribution < -0.4 is 16.0 Å². The van der Waals surface area contributed by atoms with Crippen LogP contribution in [0, 0.1) is 0 Å². The van der Waals surface area contributed by atoms with Crippen LogP contribution in [0.2, 0.25) is 0 Å². The number of hydrogen-bond acceptors (Lipinski definition) is 5. The molecule has 0 spiro atoms. The van der Waals surface area contributed by atoms with Crippen LogP contribution in [0.4, 0.5) is 0 Å². The summed E-state index contributed by atoms with van der Waals surface area (Å²) in [5, 5.41) is 8.92. The summed E-state index contributed by atoms with van der Waals surface area (Å²) in [6.45, 7) is 4.16. The Bertz CT molecular complexity index is 719. The molecule has 0 aliphatic carbocycles. The van der Waals surface area contributed by atoms with Crippen LogP contribution in [0.1, 0.15) is 47.7 Å². The van der Waals surface area contributed by atoms with E-state index >= 15 is 0 Å². The van der Waals surface area contributed by atoms with E-state index in [0.717, 1.165) is 24.1 Å². The van der Waals surface area contributed by atoms with E-state index in [2.05, 4.69) is 22.9 Å². The molecule has 0 saturated carbocycles. The van der Waals surface area contributed by atoms with E-state index in [0.29, 0.717) is 31.1 Å². The third-order valence-electron chi connectivity index (χ3n) is 5.17. The van der Waals surface area contributed by atoms with Gasteiger partial charge in [-0.2, -0.15) is 0 Å². The highest BCUT2D eigenvalue weighted by atomic mass is 16.2. The summed E-state index contributed by atoms with van der Waals surface area (Å²) < 4.78 is 0. The van der Waals surface area contributed by atoms with Crippen molar-refractivity contribution in [3.8, 4) is 0 Å². The maximum Gasteiger partial charge on any atom is 0.255 e. The average molecular weight is 358 g/mol. The van der Waals surface area contributed by atoms with Crippen LogP contribution in [0.15, 0.2) is 18.2 Å². The number of nitrogens with zero attached hydrogens (tertiary/aromatic N) is 1. The lowest BCUT2D eigenvalue weighted by Crippen LogP contribution is -2.52.